The average Bonchev–Trinajstić information content (AvgIpc) is 2.81. The van der Waals surface area contributed by atoms with Crippen LogP contribution in [0, 0.1) is 0 Å². The standard InChI is InChI=1S/C14H11ClN2O/c15-13-7-10-6-11(17-12(10)8-16-13)14(18)9-4-2-1-3-5-9/h1-8,14,17-18H/t14-/m0/s1. The van der Waals surface area contributed by atoms with Crippen LogP contribution >= 0.6 is 11.6 Å². The number of hydrogen-bond acceptors (Lipinski definition) is 2. The van der Waals surface area contributed by atoms with Crippen molar-refractivity contribution in [3.05, 3.63) is 65.1 Å². The molecule has 3 aromatic rings. The number of aromatic nitrogens is 2. The molecule has 0 amide bonds. The number of nitrogens with one attached hydrogen (secondary N) is 1. The maximum Gasteiger partial charge on any atom is 0.129 e. The Balaban J connectivity index is 2.04. The highest BCUT2D eigenvalue weighted by molar-refractivity contribution is 6.30. The van der Waals surface area contributed by atoms with Crippen LogP contribution in [0.15, 0.2) is 48.7 Å². The first-order chi connectivity index (χ1) is 8.74. The van der Waals surface area contributed by atoms with Crippen molar-refractivity contribution < 1.29 is 5.11 Å². The molecule has 0 radical (unpaired) electrons. The third kappa shape index (κ3) is 1.98. The molecule has 0 fully saturated rings. The highest BCUT2D eigenvalue weighted by Gasteiger charge is 2.12. The number of hydrogen-bond donors (Lipinski definition) is 2. The summed E-state index contributed by atoms with van der Waals surface area (Å²) >= 11 is 5.84. The van der Waals surface area contributed by atoms with Crippen LogP contribution in [0.1, 0.15) is 17.4 Å². The molecule has 18 heavy (non-hydrogen) atoms. The summed E-state index contributed by atoms with van der Waals surface area (Å²) in [5, 5.41) is 11.7. The van der Waals surface area contributed by atoms with E-state index in [0.29, 0.717) is 5.15 Å². The first kappa shape index (κ1) is 11.3. The first-order valence-electron chi connectivity index (χ1n) is 5.61. The van der Waals surface area contributed by atoms with Crippen LogP contribution < -0.4 is 0 Å². The van der Waals surface area contributed by atoms with Crippen molar-refractivity contribution in [2.75, 3.05) is 0 Å². The topological polar surface area (TPSA) is 48.9 Å². The van der Waals surface area contributed by atoms with E-state index in [2.05, 4.69) is 9.97 Å². The van der Waals surface area contributed by atoms with Gasteiger partial charge in [-0.05, 0) is 17.7 Å². The van der Waals surface area contributed by atoms with Gasteiger partial charge in [0.25, 0.3) is 0 Å². The maximum absolute atomic E-state index is 10.3. The van der Waals surface area contributed by atoms with Gasteiger partial charge in [-0.2, -0.15) is 0 Å². The van der Waals surface area contributed by atoms with Crippen molar-refractivity contribution in [1.29, 1.82) is 0 Å². The summed E-state index contributed by atoms with van der Waals surface area (Å²) in [6.07, 6.45) is 0.996. The number of benzene rings is 1. The van der Waals surface area contributed by atoms with Gasteiger partial charge >= 0.3 is 0 Å². The Kier molecular flexibility index (Phi) is 2.78. The van der Waals surface area contributed by atoms with Crippen molar-refractivity contribution in [1.82, 2.24) is 9.97 Å². The molecule has 0 aliphatic rings. The molecular weight excluding hydrogens is 248 g/mol. The molecule has 1 atom stereocenters. The molecule has 1 aromatic carbocycles. The van der Waals surface area contributed by atoms with E-state index < -0.39 is 6.10 Å². The molecule has 0 bridgehead atoms. The number of aliphatic hydroxyl groups is 1. The van der Waals surface area contributed by atoms with E-state index in [1.807, 2.05) is 36.4 Å². The van der Waals surface area contributed by atoms with Crippen LogP contribution in [0.4, 0.5) is 0 Å². The van der Waals surface area contributed by atoms with Crippen molar-refractivity contribution in [3.63, 3.8) is 0 Å². The number of rotatable bonds is 2. The van der Waals surface area contributed by atoms with Gasteiger partial charge in [0.05, 0.1) is 11.7 Å². The normalized spacial score (nSPS) is 12.8. The SMILES string of the molecule is O[C@@H](c1ccccc1)c1cc2cc(Cl)ncc2[nH]1. The zero-order valence-corrected chi connectivity index (χ0v) is 10.2. The Hall–Kier alpha value is -1.84. The van der Waals surface area contributed by atoms with Gasteiger partial charge in [0, 0.05) is 11.1 Å². The number of halogens is 1. The van der Waals surface area contributed by atoms with Crippen LogP contribution in [0.3, 0.4) is 0 Å². The summed E-state index contributed by atoms with van der Waals surface area (Å²) < 4.78 is 0. The highest BCUT2D eigenvalue weighted by Crippen LogP contribution is 2.25. The molecule has 2 heterocycles. The summed E-state index contributed by atoms with van der Waals surface area (Å²) in [7, 11) is 0. The van der Waals surface area contributed by atoms with Crippen molar-refractivity contribution in [2.24, 2.45) is 0 Å². The zero-order chi connectivity index (χ0) is 12.5. The molecule has 0 aliphatic carbocycles. The molecular formula is C14H11ClN2O. The Morgan fingerprint density at radius 1 is 1.17 bits per heavy atom. The third-order valence-electron chi connectivity index (χ3n) is 2.90. The zero-order valence-electron chi connectivity index (χ0n) is 9.47. The number of nitrogens with zero attached hydrogens (tertiary/aromatic N) is 1. The Morgan fingerprint density at radius 2 is 1.94 bits per heavy atom. The number of pyridine rings is 1. The van der Waals surface area contributed by atoms with Gasteiger partial charge in [-0.3, -0.25) is 0 Å². The smallest absolute Gasteiger partial charge is 0.129 e. The van der Waals surface area contributed by atoms with Gasteiger partial charge in [-0.25, -0.2) is 4.98 Å². The Bertz CT molecular complexity index is 679. The summed E-state index contributed by atoms with van der Waals surface area (Å²) in [6.45, 7) is 0. The second-order valence-electron chi connectivity index (χ2n) is 4.13. The number of fused-ring (bicyclic) bond motifs is 1. The molecule has 0 spiro atoms. The van der Waals surface area contributed by atoms with Crippen molar-refractivity contribution >= 4 is 22.5 Å². The number of aromatic amines is 1. The van der Waals surface area contributed by atoms with Crippen LogP contribution in [0.25, 0.3) is 10.9 Å². The molecule has 0 saturated carbocycles. The number of H-pyrrole nitrogens is 1. The minimum absolute atomic E-state index is 0.447. The van der Waals surface area contributed by atoms with Gasteiger partial charge < -0.3 is 10.1 Å². The second-order valence-corrected chi connectivity index (χ2v) is 4.52. The van der Waals surface area contributed by atoms with Crippen LogP contribution in [-0.2, 0) is 0 Å². The third-order valence-corrected chi connectivity index (χ3v) is 3.11. The summed E-state index contributed by atoms with van der Waals surface area (Å²) in [5.41, 5.74) is 2.45. The first-order valence-corrected chi connectivity index (χ1v) is 5.99. The van der Waals surface area contributed by atoms with E-state index >= 15 is 0 Å². The monoisotopic (exact) mass is 258 g/mol. The van der Waals surface area contributed by atoms with Crippen LogP contribution in [-0.4, -0.2) is 15.1 Å². The summed E-state index contributed by atoms with van der Waals surface area (Å²) in [6, 6.07) is 13.2. The molecule has 0 saturated heterocycles. The maximum atomic E-state index is 10.3. The fraction of sp³-hybridized carbons (Fsp3) is 0.0714. The fourth-order valence-corrected chi connectivity index (χ4v) is 2.16. The lowest BCUT2D eigenvalue weighted by Gasteiger charge is -2.08. The minimum Gasteiger partial charge on any atom is -0.382 e. The lowest BCUT2D eigenvalue weighted by atomic mass is 10.1. The van der Waals surface area contributed by atoms with Gasteiger partial charge in [0.2, 0.25) is 0 Å². The number of aliphatic hydroxyl groups excluding tert-OH is 1. The average molecular weight is 259 g/mol. The molecule has 4 heteroatoms. The predicted molar refractivity (Wildman–Crippen MR) is 71.6 cm³/mol. The molecule has 3 rings (SSSR count). The van der Waals surface area contributed by atoms with Crippen molar-refractivity contribution in [2.45, 2.75) is 6.10 Å². The molecule has 0 aliphatic heterocycles. The molecule has 3 nitrogen and oxygen atoms in total. The van der Waals surface area contributed by atoms with Gasteiger partial charge in [0.1, 0.15) is 11.3 Å². The van der Waals surface area contributed by atoms with Crippen LogP contribution in [0.2, 0.25) is 5.15 Å². The van der Waals surface area contributed by atoms with E-state index in [1.165, 1.54) is 0 Å². The largest absolute Gasteiger partial charge is 0.382 e. The lowest BCUT2D eigenvalue weighted by Crippen LogP contribution is -1.99. The predicted octanol–water partition coefficient (Wildman–Crippen LogP) is 3.30. The molecule has 0 unspecified atom stereocenters. The fourth-order valence-electron chi connectivity index (χ4n) is 1.99. The summed E-state index contributed by atoms with van der Waals surface area (Å²) in [4.78, 5) is 7.16. The van der Waals surface area contributed by atoms with E-state index in [1.54, 1.807) is 12.3 Å². The molecule has 2 N–H and O–H groups in total. The van der Waals surface area contributed by atoms with E-state index in [-0.39, 0.29) is 0 Å². The summed E-state index contributed by atoms with van der Waals surface area (Å²) in [5.74, 6) is 0. The van der Waals surface area contributed by atoms with E-state index in [0.717, 1.165) is 22.2 Å². The Labute approximate surface area is 109 Å². The lowest BCUT2D eigenvalue weighted by molar-refractivity contribution is 0.216. The van der Waals surface area contributed by atoms with Crippen LogP contribution in [0.5, 0.6) is 0 Å². The minimum atomic E-state index is -0.669. The molecule has 2 aromatic heterocycles. The molecule has 90 valence electrons. The van der Waals surface area contributed by atoms with Gasteiger partial charge in [0.15, 0.2) is 0 Å². The van der Waals surface area contributed by atoms with Gasteiger partial charge in [-0.15, -0.1) is 0 Å². The Morgan fingerprint density at radius 3 is 2.72 bits per heavy atom. The van der Waals surface area contributed by atoms with Gasteiger partial charge in [-0.1, -0.05) is 41.9 Å². The van der Waals surface area contributed by atoms with E-state index in [4.69, 9.17) is 11.6 Å². The van der Waals surface area contributed by atoms with E-state index in [9.17, 15) is 5.11 Å². The second kappa shape index (κ2) is 4.44. The highest BCUT2D eigenvalue weighted by atomic mass is 35.5. The van der Waals surface area contributed by atoms with Crippen molar-refractivity contribution in [3.8, 4) is 0 Å². The quantitative estimate of drug-likeness (QED) is 0.693.